The zero-order valence-corrected chi connectivity index (χ0v) is 18.5. The number of nitrogens with one attached hydrogen (secondary N) is 2. The van der Waals surface area contributed by atoms with Crippen LogP contribution in [0.25, 0.3) is 0 Å². The zero-order chi connectivity index (χ0) is 20.8. The average Bonchev–Trinajstić information content (AvgIpc) is 2.70. The molecule has 3 rings (SSSR count). The molecule has 0 bridgehead atoms. The Bertz CT molecular complexity index is 689. The predicted octanol–water partition coefficient (Wildman–Crippen LogP) is 2.95. The number of anilines is 2. The molecular weight excluding hydrogens is 413 g/mol. The Morgan fingerprint density at radius 2 is 1.83 bits per heavy atom. The van der Waals surface area contributed by atoms with Crippen LogP contribution in [0.2, 0.25) is 10.2 Å². The summed E-state index contributed by atoms with van der Waals surface area (Å²) in [5.41, 5.74) is 5.22. The molecule has 0 spiro atoms. The molecule has 162 valence electrons. The van der Waals surface area contributed by atoms with Crippen molar-refractivity contribution in [3.8, 4) is 0 Å². The van der Waals surface area contributed by atoms with Crippen molar-refractivity contribution in [3.63, 3.8) is 0 Å². The summed E-state index contributed by atoms with van der Waals surface area (Å²) in [5.74, 6) is 1.96. The van der Waals surface area contributed by atoms with E-state index in [1.807, 2.05) is 6.92 Å². The summed E-state index contributed by atoms with van der Waals surface area (Å²) in [6.45, 7) is 7.52. The van der Waals surface area contributed by atoms with Crippen molar-refractivity contribution < 1.29 is 4.79 Å². The van der Waals surface area contributed by atoms with Crippen LogP contribution in [0.5, 0.6) is 0 Å². The molecule has 8 nitrogen and oxygen atoms in total. The molecule has 2 amide bonds. The van der Waals surface area contributed by atoms with E-state index in [1.54, 1.807) is 0 Å². The van der Waals surface area contributed by atoms with E-state index < -0.39 is 6.03 Å². The lowest BCUT2D eigenvalue weighted by molar-refractivity contribution is 0.207. The van der Waals surface area contributed by atoms with Gasteiger partial charge in [-0.25, -0.2) is 4.79 Å². The second-order valence-corrected chi connectivity index (χ2v) is 8.59. The van der Waals surface area contributed by atoms with Crippen LogP contribution < -0.4 is 21.3 Å². The Morgan fingerprint density at radius 1 is 1.14 bits per heavy atom. The molecule has 2 heterocycles. The van der Waals surface area contributed by atoms with Gasteiger partial charge in [-0.05, 0) is 51.5 Å². The van der Waals surface area contributed by atoms with Gasteiger partial charge in [-0.3, -0.25) is 4.90 Å². The van der Waals surface area contributed by atoms with Crippen LogP contribution in [0.15, 0.2) is 0 Å². The van der Waals surface area contributed by atoms with Gasteiger partial charge < -0.3 is 21.3 Å². The van der Waals surface area contributed by atoms with Crippen molar-refractivity contribution in [2.45, 2.75) is 45.1 Å². The highest BCUT2D eigenvalue weighted by Gasteiger charge is 2.25. The Labute approximate surface area is 182 Å². The summed E-state index contributed by atoms with van der Waals surface area (Å²) in [6, 6.07) is -0.155. The van der Waals surface area contributed by atoms with Crippen LogP contribution in [0.3, 0.4) is 0 Å². The second kappa shape index (κ2) is 10.5. The fourth-order valence-corrected chi connectivity index (χ4v) is 4.57. The van der Waals surface area contributed by atoms with Gasteiger partial charge in [0, 0.05) is 38.8 Å². The van der Waals surface area contributed by atoms with Gasteiger partial charge in [0.25, 0.3) is 0 Å². The van der Waals surface area contributed by atoms with Gasteiger partial charge in [0.1, 0.15) is 5.02 Å². The van der Waals surface area contributed by atoms with E-state index in [0.29, 0.717) is 16.8 Å². The molecule has 1 saturated heterocycles. The van der Waals surface area contributed by atoms with Crippen molar-refractivity contribution in [2.24, 2.45) is 11.7 Å². The van der Waals surface area contributed by atoms with Gasteiger partial charge >= 0.3 is 6.03 Å². The third kappa shape index (κ3) is 6.23. The van der Waals surface area contributed by atoms with E-state index >= 15 is 0 Å². The number of hydrogen-bond donors (Lipinski definition) is 3. The molecule has 4 N–H and O–H groups in total. The number of primary amides is 1. The number of aromatic nitrogens is 2. The van der Waals surface area contributed by atoms with Crippen LogP contribution in [0.1, 0.15) is 39.0 Å². The largest absolute Gasteiger partial charge is 0.354 e. The first kappa shape index (κ1) is 22.2. The number of nitrogens with zero attached hydrogens (tertiary/aromatic N) is 4. The number of halogens is 2. The van der Waals surface area contributed by atoms with Gasteiger partial charge in [0.15, 0.2) is 11.0 Å². The van der Waals surface area contributed by atoms with Crippen LogP contribution in [0, 0.1) is 5.92 Å². The maximum absolute atomic E-state index is 11.0. The number of rotatable bonds is 7. The lowest BCUT2D eigenvalue weighted by atomic mass is 9.84. The Hall–Kier alpha value is -1.51. The lowest BCUT2D eigenvalue weighted by Crippen LogP contribution is -2.47. The smallest absolute Gasteiger partial charge is 0.312 e. The standard InChI is InChI=1S/C19H31Cl2N7O/c1-2-23-19-25-16(21)15(20)17(26-19)28-11-9-27(10-12-28)8-7-13-3-5-14(6-4-13)24-18(22)29/h13-14H,2-12H2,1H3,(H3,22,24,29)(H,23,25,26). The Kier molecular flexibility index (Phi) is 8.03. The number of carbonyl (C=O) groups excluding carboxylic acids is 1. The van der Waals surface area contributed by atoms with E-state index in [4.69, 9.17) is 28.9 Å². The summed E-state index contributed by atoms with van der Waals surface area (Å²) in [7, 11) is 0. The summed E-state index contributed by atoms with van der Waals surface area (Å²) >= 11 is 12.6. The molecule has 1 aromatic heterocycles. The molecule has 0 unspecified atom stereocenters. The van der Waals surface area contributed by atoms with Gasteiger partial charge in [-0.15, -0.1) is 0 Å². The number of hydrogen-bond acceptors (Lipinski definition) is 6. The zero-order valence-electron chi connectivity index (χ0n) is 17.0. The molecule has 0 aromatic carbocycles. The van der Waals surface area contributed by atoms with Crippen molar-refractivity contribution >= 4 is 41.0 Å². The first-order valence-electron chi connectivity index (χ1n) is 10.5. The Morgan fingerprint density at radius 3 is 2.45 bits per heavy atom. The minimum absolute atomic E-state index is 0.254. The molecule has 1 saturated carbocycles. The van der Waals surface area contributed by atoms with E-state index in [0.717, 1.165) is 70.9 Å². The predicted molar refractivity (Wildman–Crippen MR) is 118 cm³/mol. The molecule has 2 aliphatic rings. The van der Waals surface area contributed by atoms with Crippen molar-refractivity contribution in [3.05, 3.63) is 10.2 Å². The fraction of sp³-hybridized carbons (Fsp3) is 0.737. The summed E-state index contributed by atoms with van der Waals surface area (Å²) in [4.78, 5) is 24.4. The third-order valence-corrected chi connectivity index (χ3v) is 6.56. The van der Waals surface area contributed by atoms with Crippen LogP contribution in [0.4, 0.5) is 16.6 Å². The van der Waals surface area contributed by atoms with Gasteiger partial charge in [-0.1, -0.05) is 23.2 Å². The highest BCUT2D eigenvalue weighted by molar-refractivity contribution is 6.42. The maximum atomic E-state index is 11.0. The number of piperazine rings is 1. The molecule has 1 aliphatic carbocycles. The number of urea groups is 1. The number of carbonyl (C=O) groups is 1. The molecule has 0 radical (unpaired) electrons. The molecule has 1 aromatic rings. The average molecular weight is 444 g/mol. The minimum Gasteiger partial charge on any atom is -0.354 e. The summed E-state index contributed by atoms with van der Waals surface area (Å²) in [6.07, 6.45) is 5.58. The van der Waals surface area contributed by atoms with Crippen LogP contribution in [-0.4, -0.2) is 66.2 Å². The van der Waals surface area contributed by atoms with E-state index in [-0.39, 0.29) is 11.2 Å². The fourth-order valence-electron chi connectivity index (χ4n) is 4.20. The Balaban J connectivity index is 1.44. The summed E-state index contributed by atoms with van der Waals surface area (Å²) < 4.78 is 0. The van der Waals surface area contributed by atoms with E-state index in [2.05, 4.69) is 30.4 Å². The topological polar surface area (TPSA) is 99.4 Å². The lowest BCUT2D eigenvalue weighted by Gasteiger charge is -2.37. The second-order valence-electron chi connectivity index (χ2n) is 7.85. The molecule has 0 atom stereocenters. The highest BCUT2D eigenvalue weighted by atomic mass is 35.5. The van der Waals surface area contributed by atoms with Gasteiger partial charge in [-0.2, -0.15) is 9.97 Å². The molecule has 1 aliphatic heterocycles. The van der Waals surface area contributed by atoms with Gasteiger partial charge in [0.05, 0.1) is 0 Å². The summed E-state index contributed by atoms with van der Waals surface area (Å²) in [5, 5.41) is 6.65. The van der Waals surface area contributed by atoms with Crippen molar-refractivity contribution in [1.29, 1.82) is 0 Å². The number of amides is 2. The number of nitrogens with two attached hydrogens (primary N) is 1. The SMILES string of the molecule is CCNc1nc(Cl)c(Cl)c(N2CCN(CCC3CCC(NC(N)=O)CC3)CC2)n1. The maximum Gasteiger partial charge on any atom is 0.312 e. The molecule has 29 heavy (non-hydrogen) atoms. The quantitative estimate of drug-likeness (QED) is 0.560. The first-order chi connectivity index (χ1) is 14.0. The van der Waals surface area contributed by atoms with Crippen LogP contribution >= 0.6 is 23.2 Å². The molecule has 2 fully saturated rings. The van der Waals surface area contributed by atoms with Gasteiger partial charge in [0.2, 0.25) is 5.95 Å². The minimum atomic E-state index is -0.408. The third-order valence-electron chi connectivity index (χ3n) is 5.85. The molecular formula is C19H31Cl2N7O. The normalized spacial score (nSPS) is 23.1. The van der Waals surface area contributed by atoms with Crippen molar-refractivity contribution in [2.75, 3.05) is 49.5 Å². The highest BCUT2D eigenvalue weighted by Crippen LogP contribution is 2.32. The first-order valence-corrected chi connectivity index (χ1v) is 11.2. The van der Waals surface area contributed by atoms with Crippen LogP contribution in [-0.2, 0) is 0 Å². The van der Waals surface area contributed by atoms with E-state index in [9.17, 15) is 4.79 Å². The van der Waals surface area contributed by atoms with E-state index in [1.165, 1.54) is 6.42 Å². The monoisotopic (exact) mass is 443 g/mol. The van der Waals surface area contributed by atoms with Crippen molar-refractivity contribution in [1.82, 2.24) is 20.2 Å². The molecule has 10 heteroatoms.